The Morgan fingerprint density at radius 1 is 1.18 bits per heavy atom. The highest BCUT2D eigenvalue weighted by Gasteiger charge is 2.41. The van der Waals surface area contributed by atoms with Crippen LogP contribution >= 0.6 is 22.9 Å². The van der Waals surface area contributed by atoms with Crippen LogP contribution < -0.4 is 10.0 Å². The van der Waals surface area contributed by atoms with Crippen LogP contribution in [0.3, 0.4) is 0 Å². The first kappa shape index (κ1) is 26.1. The zero-order valence-corrected chi connectivity index (χ0v) is 23.4. The van der Waals surface area contributed by atoms with Crippen molar-refractivity contribution in [3.8, 4) is 10.6 Å². The second kappa shape index (κ2) is 10.1. The van der Waals surface area contributed by atoms with Crippen LogP contribution in [-0.2, 0) is 20.3 Å². The summed E-state index contributed by atoms with van der Waals surface area (Å²) in [7, 11) is -3.45. The summed E-state index contributed by atoms with van der Waals surface area (Å²) in [5.41, 5.74) is 1.54. The molecule has 0 aromatic carbocycles. The lowest BCUT2D eigenvalue weighted by Gasteiger charge is -2.40. The number of carbonyl (C=O) groups is 1. The van der Waals surface area contributed by atoms with Crippen molar-refractivity contribution in [2.75, 3.05) is 17.9 Å². The summed E-state index contributed by atoms with van der Waals surface area (Å²) in [6.45, 7) is 3.03. The zero-order chi connectivity index (χ0) is 27.2. The molecule has 1 aliphatic carbocycles. The van der Waals surface area contributed by atoms with Crippen LogP contribution in [0.2, 0.25) is 5.02 Å². The van der Waals surface area contributed by atoms with Gasteiger partial charge in [0.15, 0.2) is 5.01 Å². The Hall–Kier alpha value is -3.13. The van der Waals surface area contributed by atoms with Crippen LogP contribution in [-0.4, -0.2) is 57.6 Å². The molecule has 0 unspecified atom stereocenters. The topological polar surface area (TPSA) is 140 Å². The van der Waals surface area contributed by atoms with Gasteiger partial charge in [-0.15, -0.1) is 10.2 Å². The van der Waals surface area contributed by atoms with Crippen LogP contribution in [0.4, 0.5) is 5.69 Å². The number of nitrogens with one attached hydrogen (secondary N) is 2. The predicted octanol–water partition coefficient (Wildman–Crippen LogP) is 3.88. The highest BCUT2D eigenvalue weighted by Crippen LogP contribution is 2.37. The van der Waals surface area contributed by atoms with Crippen LogP contribution in [0.1, 0.15) is 48.1 Å². The normalized spacial score (nSPS) is 18.1. The molecule has 6 rings (SSSR count). The van der Waals surface area contributed by atoms with Crippen LogP contribution in [0, 0.1) is 5.92 Å². The average molecular weight is 588 g/mol. The zero-order valence-electron chi connectivity index (χ0n) is 21.0. The molecular formula is C25H26ClN7O4S2. The Balaban J connectivity index is 1.30. The predicted molar refractivity (Wildman–Crippen MR) is 147 cm³/mol. The first-order valence-corrected chi connectivity index (χ1v) is 15.3. The summed E-state index contributed by atoms with van der Waals surface area (Å²) in [5.74, 6) is -0.389. The van der Waals surface area contributed by atoms with E-state index in [0.717, 1.165) is 22.4 Å². The van der Waals surface area contributed by atoms with Crippen molar-refractivity contribution < 1.29 is 17.9 Å². The number of rotatable bonds is 8. The van der Waals surface area contributed by atoms with Crippen LogP contribution in [0.5, 0.6) is 0 Å². The number of ether oxygens (including phenoxy) is 1. The third-order valence-corrected chi connectivity index (χ3v) is 10.3. The van der Waals surface area contributed by atoms with Gasteiger partial charge in [0.2, 0.25) is 15.0 Å². The van der Waals surface area contributed by atoms with Crippen molar-refractivity contribution >= 4 is 50.1 Å². The SMILES string of the molecule is C[C@@](NC(=O)c1nnc(-c2cnn3ccc(Cl)cc23)s1)(c1cc(NS(=O)(=O)C2CC2)ccn1)C1CCOCC1. The van der Waals surface area contributed by atoms with Crippen molar-refractivity contribution in [3.05, 3.63) is 58.6 Å². The van der Waals surface area contributed by atoms with Gasteiger partial charge in [0.25, 0.3) is 5.91 Å². The van der Waals surface area contributed by atoms with Gasteiger partial charge in [-0.3, -0.25) is 14.5 Å². The summed E-state index contributed by atoms with van der Waals surface area (Å²) >= 11 is 7.33. The molecule has 5 heterocycles. The molecular weight excluding hydrogens is 562 g/mol. The lowest BCUT2D eigenvalue weighted by atomic mass is 9.77. The molecule has 1 saturated heterocycles. The molecule has 4 aromatic rings. The van der Waals surface area contributed by atoms with Gasteiger partial charge < -0.3 is 10.1 Å². The molecule has 2 fully saturated rings. The number of amides is 1. The number of carbonyl (C=O) groups excluding carboxylic acids is 1. The second-order valence-electron chi connectivity index (χ2n) is 9.96. The Labute approximate surface area is 234 Å². The van der Waals surface area contributed by atoms with E-state index in [0.29, 0.717) is 60.3 Å². The van der Waals surface area contributed by atoms with Gasteiger partial charge in [-0.2, -0.15) is 5.10 Å². The molecule has 11 nitrogen and oxygen atoms in total. The highest BCUT2D eigenvalue weighted by molar-refractivity contribution is 7.93. The van der Waals surface area contributed by atoms with Crippen molar-refractivity contribution in [2.45, 2.75) is 43.4 Å². The van der Waals surface area contributed by atoms with E-state index >= 15 is 0 Å². The second-order valence-corrected chi connectivity index (χ2v) is 13.3. The standard InChI is InChI=1S/C25H26ClN7O4S2/c1-25(15-6-10-37-11-7-15,21-13-17(4-8-27-21)32-39(35,36)18-2-3-18)29-22(34)24-31-30-23(38-24)19-14-28-33-9-5-16(26)12-20(19)33/h4-5,8-9,12-15,18H,2-3,6-7,10-11H2,1H3,(H,27,32)(H,29,34)/t25-/m0/s1. The number of sulfonamides is 1. The van der Waals surface area contributed by atoms with Gasteiger partial charge >= 0.3 is 0 Å². The monoisotopic (exact) mass is 587 g/mol. The van der Waals surface area contributed by atoms with Crippen molar-refractivity contribution in [2.24, 2.45) is 5.92 Å². The van der Waals surface area contributed by atoms with Crippen molar-refractivity contribution in [1.82, 2.24) is 30.1 Å². The van der Waals surface area contributed by atoms with Crippen molar-refractivity contribution in [3.63, 3.8) is 0 Å². The summed E-state index contributed by atoms with van der Waals surface area (Å²) in [6, 6.07) is 6.84. The quantitative estimate of drug-likeness (QED) is 0.316. The third-order valence-electron chi connectivity index (χ3n) is 7.26. The van der Waals surface area contributed by atoms with Crippen LogP contribution in [0.15, 0.2) is 42.9 Å². The maximum atomic E-state index is 13.6. The maximum Gasteiger partial charge on any atom is 0.283 e. The molecule has 14 heteroatoms. The van der Waals surface area contributed by atoms with Gasteiger partial charge in [0, 0.05) is 30.6 Å². The Bertz CT molecular complexity index is 1650. The fourth-order valence-corrected chi connectivity index (χ4v) is 7.18. The molecule has 2 aliphatic rings. The van der Waals surface area contributed by atoms with E-state index in [1.165, 1.54) is 0 Å². The Morgan fingerprint density at radius 3 is 2.74 bits per heavy atom. The lowest BCUT2D eigenvalue weighted by molar-refractivity contribution is 0.0291. The summed E-state index contributed by atoms with van der Waals surface area (Å²) in [6.07, 6.45) is 7.72. The minimum Gasteiger partial charge on any atom is -0.381 e. The van der Waals surface area contributed by atoms with Gasteiger partial charge in [0.1, 0.15) is 0 Å². The number of anilines is 1. The number of hydrogen-bond donors (Lipinski definition) is 2. The fourth-order valence-electron chi connectivity index (χ4n) is 4.89. The number of halogens is 1. The smallest absolute Gasteiger partial charge is 0.283 e. The molecule has 39 heavy (non-hydrogen) atoms. The number of nitrogens with zero attached hydrogens (tertiary/aromatic N) is 5. The molecule has 1 amide bonds. The van der Waals surface area contributed by atoms with E-state index in [-0.39, 0.29) is 16.2 Å². The molecule has 4 aromatic heterocycles. The maximum absolute atomic E-state index is 13.6. The average Bonchev–Trinajstić information content (AvgIpc) is 3.55. The van der Waals surface area contributed by atoms with Crippen LogP contribution in [0.25, 0.3) is 16.1 Å². The van der Waals surface area contributed by atoms with E-state index in [1.54, 1.807) is 47.4 Å². The molecule has 1 saturated carbocycles. The van der Waals surface area contributed by atoms with E-state index < -0.39 is 21.5 Å². The van der Waals surface area contributed by atoms with Gasteiger partial charge in [-0.25, -0.2) is 12.9 Å². The summed E-state index contributed by atoms with van der Waals surface area (Å²) in [4.78, 5) is 18.1. The number of hydrogen-bond acceptors (Lipinski definition) is 9. The molecule has 1 aliphatic heterocycles. The molecule has 0 radical (unpaired) electrons. The van der Waals surface area contributed by atoms with Gasteiger partial charge in [0.05, 0.1) is 39.4 Å². The Morgan fingerprint density at radius 2 is 1.97 bits per heavy atom. The van der Waals surface area contributed by atoms with E-state index in [1.807, 2.05) is 6.92 Å². The minimum atomic E-state index is -3.45. The van der Waals surface area contributed by atoms with E-state index in [2.05, 4.69) is 30.3 Å². The number of aromatic nitrogens is 5. The third kappa shape index (κ3) is 5.23. The first-order valence-electron chi connectivity index (χ1n) is 12.6. The largest absolute Gasteiger partial charge is 0.381 e. The van der Waals surface area contributed by atoms with Gasteiger partial charge in [-0.05, 0) is 62.8 Å². The fraction of sp³-hybridized carbons (Fsp3) is 0.400. The van der Waals surface area contributed by atoms with E-state index in [9.17, 15) is 13.2 Å². The van der Waals surface area contributed by atoms with E-state index in [4.69, 9.17) is 16.3 Å². The molecule has 0 spiro atoms. The Kier molecular flexibility index (Phi) is 6.78. The lowest BCUT2D eigenvalue weighted by Crippen LogP contribution is -2.51. The molecule has 0 bridgehead atoms. The summed E-state index contributed by atoms with van der Waals surface area (Å²) in [5, 5.41) is 16.8. The number of fused-ring (bicyclic) bond motifs is 1. The number of pyridine rings is 2. The first-order chi connectivity index (χ1) is 18.7. The molecule has 204 valence electrons. The highest BCUT2D eigenvalue weighted by atomic mass is 35.5. The molecule has 1 atom stereocenters. The molecule has 2 N–H and O–H groups in total. The van der Waals surface area contributed by atoms with Gasteiger partial charge in [-0.1, -0.05) is 22.9 Å². The summed E-state index contributed by atoms with van der Waals surface area (Å²) < 4.78 is 35.0. The minimum absolute atomic E-state index is 0.00661. The van der Waals surface area contributed by atoms with Crippen molar-refractivity contribution in [1.29, 1.82) is 0 Å².